The Labute approximate surface area is 103 Å². The minimum atomic E-state index is -4.87. The van der Waals surface area contributed by atoms with Gasteiger partial charge in [0.2, 0.25) is 0 Å². The van der Waals surface area contributed by atoms with Crippen molar-refractivity contribution in [2.24, 2.45) is 0 Å². The Morgan fingerprint density at radius 1 is 1.05 bits per heavy atom. The van der Waals surface area contributed by atoms with Gasteiger partial charge in [0.05, 0.1) is 5.56 Å². The van der Waals surface area contributed by atoms with Crippen molar-refractivity contribution in [2.45, 2.75) is 18.9 Å². The smallest absolute Gasteiger partial charge is 0.292 e. The Kier molecular flexibility index (Phi) is 4.75. The second-order valence-corrected chi connectivity index (χ2v) is 3.54. The van der Waals surface area contributed by atoms with Gasteiger partial charge in [0.15, 0.2) is 6.61 Å². The number of benzene rings is 1. The highest BCUT2D eigenvalue weighted by Crippen LogP contribution is 2.31. The number of hydrogen-bond donors (Lipinski definition) is 1. The molecule has 0 unspecified atom stereocenters. The first-order chi connectivity index (χ1) is 8.59. The van der Waals surface area contributed by atoms with Gasteiger partial charge in [-0.15, -0.1) is 0 Å². The van der Waals surface area contributed by atoms with Crippen LogP contribution in [0.1, 0.15) is 11.1 Å². The van der Waals surface area contributed by atoms with Gasteiger partial charge in [-0.25, -0.2) is 4.39 Å². The van der Waals surface area contributed by atoms with Gasteiger partial charge in [-0.3, -0.25) is 4.84 Å². The molecule has 0 saturated carbocycles. The highest BCUT2D eigenvalue weighted by atomic mass is 19.4. The monoisotopic (exact) mass is 291 g/mol. The zero-order valence-electron chi connectivity index (χ0n) is 9.20. The van der Waals surface area contributed by atoms with E-state index in [1.165, 1.54) is 0 Å². The second-order valence-electron chi connectivity index (χ2n) is 3.54. The fourth-order valence-electron chi connectivity index (χ4n) is 1.17. The molecule has 9 heteroatoms. The van der Waals surface area contributed by atoms with Crippen LogP contribution < -0.4 is 5.48 Å². The summed E-state index contributed by atoms with van der Waals surface area (Å²) in [6, 6.07) is 2.09. The molecule has 0 aliphatic carbocycles. The van der Waals surface area contributed by atoms with Crippen LogP contribution in [0.4, 0.5) is 30.7 Å². The van der Waals surface area contributed by atoms with Gasteiger partial charge < -0.3 is 0 Å². The molecule has 1 rings (SSSR count). The van der Waals surface area contributed by atoms with Crippen LogP contribution in [-0.2, 0) is 17.6 Å². The molecular formula is C10H8F7NO. The van der Waals surface area contributed by atoms with Gasteiger partial charge in [0.1, 0.15) is 5.82 Å². The van der Waals surface area contributed by atoms with Crippen molar-refractivity contribution >= 4 is 0 Å². The summed E-state index contributed by atoms with van der Waals surface area (Å²) in [4.78, 5) is 4.01. The summed E-state index contributed by atoms with van der Waals surface area (Å²) >= 11 is 0. The summed E-state index contributed by atoms with van der Waals surface area (Å²) in [6.45, 7) is -2.00. The van der Waals surface area contributed by atoms with Crippen molar-refractivity contribution in [1.82, 2.24) is 5.48 Å². The van der Waals surface area contributed by atoms with E-state index in [0.717, 1.165) is 6.07 Å². The third-order valence-electron chi connectivity index (χ3n) is 1.95. The van der Waals surface area contributed by atoms with Crippen LogP contribution in [-0.4, -0.2) is 12.8 Å². The fraction of sp³-hybridized carbons (Fsp3) is 0.400. The summed E-state index contributed by atoms with van der Waals surface area (Å²) in [5, 5.41) is 0. The van der Waals surface area contributed by atoms with Crippen molar-refractivity contribution in [3.05, 3.63) is 35.1 Å². The molecule has 108 valence electrons. The average molecular weight is 291 g/mol. The largest absolute Gasteiger partial charge is 0.419 e. The van der Waals surface area contributed by atoms with Gasteiger partial charge in [-0.1, -0.05) is 6.07 Å². The molecule has 0 fully saturated rings. The van der Waals surface area contributed by atoms with Gasteiger partial charge in [-0.2, -0.15) is 31.8 Å². The number of alkyl halides is 6. The first-order valence-corrected chi connectivity index (χ1v) is 4.86. The lowest BCUT2D eigenvalue weighted by molar-refractivity contribution is -0.190. The SMILES string of the molecule is Fc1ccc(CNOCC(F)(F)F)cc1C(F)(F)F. The fourth-order valence-corrected chi connectivity index (χ4v) is 1.17. The lowest BCUT2D eigenvalue weighted by Crippen LogP contribution is -2.24. The van der Waals surface area contributed by atoms with E-state index in [4.69, 9.17) is 0 Å². The highest BCUT2D eigenvalue weighted by Gasteiger charge is 2.34. The molecule has 0 aliphatic rings. The third-order valence-corrected chi connectivity index (χ3v) is 1.95. The lowest BCUT2D eigenvalue weighted by Gasteiger charge is -2.11. The first-order valence-electron chi connectivity index (χ1n) is 4.86. The molecule has 0 atom stereocenters. The zero-order chi connectivity index (χ0) is 14.7. The molecule has 0 aromatic heterocycles. The van der Waals surface area contributed by atoms with Crippen LogP contribution in [0.25, 0.3) is 0 Å². The molecule has 1 aromatic rings. The molecule has 1 aromatic carbocycles. The lowest BCUT2D eigenvalue weighted by atomic mass is 10.1. The van der Waals surface area contributed by atoms with Gasteiger partial charge in [0, 0.05) is 6.54 Å². The normalized spacial score (nSPS) is 12.8. The van der Waals surface area contributed by atoms with Crippen molar-refractivity contribution < 1.29 is 35.6 Å². The third kappa shape index (κ3) is 5.43. The van der Waals surface area contributed by atoms with Gasteiger partial charge in [-0.05, 0) is 17.7 Å². The molecule has 0 saturated heterocycles. The van der Waals surface area contributed by atoms with Crippen LogP contribution in [0.2, 0.25) is 0 Å². The van der Waals surface area contributed by atoms with E-state index >= 15 is 0 Å². The van der Waals surface area contributed by atoms with Crippen LogP contribution in [0, 0.1) is 5.82 Å². The molecular weight excluding hydrogens is 283 g/mol. The average Bonchev–Trinajstić information content (AvgIpc) is 2.23. The molecule has 1 N–H and O–H groups in total. The Bertz CT molecular complexity index is 427. The number of halogens is 7. The molecule has 0 radical (unpaired) electrons. The van der Waals surface area contributed by atoms with E-state index in [1.54, 1.807) is 0 Å². The summed E-state index contributed by atoms with van der Waals surface area (Å²) < 4.78 is 85.0. The Hall–Kier alpha value is -1.35. The molecule has 0 aliphatic heterocycles. The maximum atomic E-state index is 12.9. The van der Waals surface area contributed by atoms with Crippen molar-refractivity contribution in [3.8, 4) is 0 Å². The van der Waals surface area contributed by atoms with Gasteiger partial charge in [0.25, 0.3) is 0 Å². The summed E-state index contributed by atoms with van der Waals surface area (Å²) in [7, 11) is 0. The van der Waals surface area contributed by atoms with E-state index < -0.39 is 36.9 Å². The first kappa shape index (κ1) is 15.7. The summed E-state index contributed by atoms with van der Waals surface area (Å²) in [6.07, 6.45) is -9.42. The molecule has 2 nitrogen and oxygen atoms in total. The Morgan fingerprint density at radius 2 is 1.68 bits per heavy atom. The number of nitrogens with one attached hydrogen (secondary N) is 1. The van der Waals surface area contributed by atoms with Crippen molar-refractivity contribution in [2.75, 3.05) is 6.61 Å². The Balaban J connectivity index is 2.61. The summed E-state index contributed by atoms with van der Waals surface area (Å²) in [5.41, 5.74) is 0.304. The summed E-state index contributed by atoms with van der Waals surface area (Å²) in [5.74, 6) is -1.45. The number of rotatable bonds is 4. The minimum Gasteiger partial charge on any atom is -0.292 e. The molecule has 0 heterocycles. The predicted octanol–water partition coefficient (Wildman–Crippen LogP) is 3.43. The molecule has 0 bridgehead atoms. The van der Waals surface area contributed by atoms with Crippen molar-refractivity contribution in [3.63, 3.8) is 0 Å². The molecule has 0 amide bonds. The van der Waals surface area contributed by atoms with E-state index in [9.17, 15) is 30.7 Å². The maximum absolute atomic E-state index is 12.9. The highest BCUT2D eigenvalue weighted by molar-refractivity contribution is 5.27. The van der Waals surface area contributed by atoms with Crippen LogP contribution in [0.3, 0.4) is 0 Å². The van der Waals surface area contributed by atoms with Crippen LogP contribution in [0.15, 0.2) is 18.2 Å². The van der Waals surface area contributed by atoms with Crippen LogP contribution >= 0.6 is 0 Å². The predicted molar refractivity (Wildman–Crippen MR) is 50.2 cm³/mol. The molecule has 19 heavy (non-hydrogen) atoms. The Morgan fingerprint density at radius 3 is 2.21 bits per heavy atom. The van der Waals surface area contributed by atoms with Gasteiger partial charge >= 0.3 is 12.4 Å². The maximum Gasteiger partial charge on any atom is 0.419 e. The van der Waals surface area contributed by atoms with E-state index in [0.29, 0.717) is 12.1 Å². The van der Waals surface area contributed by atoms with Crippen LogP contribution in [0.5, 0.6) is 0 Å². The minimum absolute atomic E-state index is 0.0594. The van der Waals surface area contributed by atoms with Crippen molar-refractivity contribution in [1.29, 1.82) is 0 Å². The standard InChI is InChI=1S/C10H8F7NO/c11-8-2-1-6(3-7(8)10(15,16)17)4-18-19-5-9(12,13)14/h1-3,18H,4-5H2. The molecule has 0 spiro atoms. The number of hydrogen-bond acceptors (Lipinski definition) is 2. The number of hydroxylamine groups is 1. The zero-order valence-corrected chi connectivity index (χ0v) is 9.20. The second kappa shape index (κ2) is 5.74. The van der Waals surface area contributed by atoms with E-state index in [2.05, 4.69) is 4.84 Å². The van der Waals surface area contributed by atoms with E-state index in [-0.39, 0.29) is 5.56 Å². The van der Waals surface area contributed by atoms with E-state index in [1.807, 2.05) is 5.48 Å². The topological polar surface area (TPSA) is 21.3 Å². The quantitative estimate of drug-likeness (QED) is 0.521.